The summed E-state index contributed by atoms with van der Waals surface area (Å²) in [5.41, 5.74) is -0.617. The Labute approximate surface area is 158 Å². The molecule has 11 heteroatoms. The number of hydrogen-bond donors (Lipinski definition) is 3. The van der Waals surface area contributed by atoms with Gasteiger partial charge in [0.25, 0.3) is 0 Å². The van der Waals surface area contributed by atoms with Gasteiger partial charge in [-0.25, -0.2) is 14.5 Å². The van der Waals surface area contributed by atoms with Crippen molar-refractivity contribution < 1.29 is 18.0 Å². The van der Waals surface area contributed by atoms with Crippen molar-refractivity contribution in [1.29, 1.82) is 0 Å². The first-order valence-electron chi connectivity index (χ1n) is 8.39. The van der Waals surface area contributed by atoms with E-state index in [1.165, 1.54) is 24.7 Å². The fourth-order valence-electron chi connectivity index (χ4n) is 2.67. The van der Waals surface area contributed by atoms with Crippen molar-refractivity contribution >= 4 is 11.8 Å². The Morgan fingerprint density at radius 1 is 1.25 bits per heavy atom. The molecule has 3 rings (SSSR count). The summed E-state index contributed by atoms with van der Waals surface area (Å²) >= 11 is 0. The van der Waals surface area contributed by atoms with Gasteiger partial charge in [-0.2, -0.15) is 23.4 Å². The minimum atomic E-state index is -4.51. The number of amides is 2. The van der Waals surface area contributed by atoms with Gasteiger partial charge in [-0.1, -0.05) is 12.1 Å². The topological polar surface area (TPSA) is 101 Å². The molecule has 1 atom stereocenters. The highest BCUT2D eigenvalue weighted by molar-refractivity contribution is 5.88. The lowest BCUT2D eigenvalue weighted by atomic mass is 10.0. The smallest absolute Gasteiger partial charge is 0.324 e. The van der Waals surface area contributed by atoms with Gasteiger partial charge in [-0.3, -0.25) is 10.4 Å². The average molecular weight is 393 g/mol. The van der Waals surface area contributed by atoms with Crippen LogP contribution in [0.25, 0.3) is 0 Å². The summed E-state index contributed by atoms with van der Waals surface area (Å²) in [5.74, 6) is 0.653. The molecular weight excluding hydrogens is 375 g/mol. The van der Waals surface area contributed by atoms with E-state index in [0.717, 1.165) is 12.1 Å². The van der Waals surface area contributed by atoms with Gasteiger partial charge in [0.2, 0.25) is 0 Å². The van der Waals surface area contributed by atoms with Gasteiger partial charge >= 0.3 is 12.2 Å². The SMILES string of the molecule is CC(C)n1nccc1NC(=O)NC(c1cccc(C(F)(F)F)c1)c1ncn[nH]1. The predicted molar refractivity (Wildman–Crippen MR) is 94.4 cm³/mol. The molecule has 0 spiro atoms. The normalized spacial score (nSPS) is 12.8. The van der Waals surface area contributed by atoms with Crippen molar-refractivity contribution in [2.45, 2.75) is 32.1 Å². The number of benzene rings is 1. The van der Waals surface area contributed by atoms with Crippen molar-refractivity contribution in [3.05, 3.63) is 59.8 Å². The Morgan fingerprint density at radius 2 is 2.04 bits per heavy atom. The lowest BCUT2D eigenvalue weighted by molar-refractivity contribution is -0.137. The Bertz CT molecular complexity index is 934. The largest absolute Gasteiger partial charge is 0.416 e. The van der Waals surface area contributed by atoms with E-state index in [4.69, 9.17) is 0 Å². The van der Waals surface area contributed by atoms with Crippen LogP contribution < -0.4 is 10.6 Å². The van der Waals surface area contributed by atoms with Gasteiger partial charge in [0, 0.05) is 12.1 Å². The van der Waals surface area contributed by atoms with Gasteiger partial charge in [0.05, 0.1) is 11.8 Å². The lowest BCUT2D eigenvalue weighted by Gasteiger charge is -2.19. The van der Waals surface area contributed by atoms with E-state index in [0.29, 0.717) is 5.82 Å². The lowest BCUT2D eigenvalue weighted by Crippen LogP contribution is -2.34. The van der Waals surface area contributed by atoms with Crippen molar-refractivity contribution in [2.75, 3.05) is 5.32 Å². The molecule has 3 aromatic rings. The quantitative estimate of drug-likeness (QED) is 0.617. The van der Waals surface area contributed by atoms with E-state index >= 15 is 0 Å². The Hall–Kier alpha value is -3.37. The fraction of sp³-hybridized carbons (Fsp3) is 0.294. The van der Waals surface area contributed by atoms with Gasteiger partial charge in [-0.05, 0) is 31.5 Å². The molecule has 0 aliphatic carbocycles. The number of carbonyl (C=O) groups excluding carboxylic acids is 1. The summed E-state index contributed by atoms with van der Waals surface area (Å²) < 4.78 is 40.8. The van der Waals surface area contributed by atoms with E-state index < -0.39 is 23.8 Å². The molecule has 2 aromatic heterocycles. The second-order valence-corrected chi connectivity index (χ2v) is 6.28. The molecule has 8 nitrogen and oxygen atoms in total. The van der Waals surface area contributed by atoms with Crippen molar-refractivity contribution in [1.82, 2.24) is 30.3 Å². The number of alkyl halides is 3. The highest BCUT2D eigenvalue weighted by Gasteiger charge is 2.31. The minimum Gasteiger partial charge on any atom is -0.324 e. The number of halogens is 3. The minimum absolute atomic E-state index is 0.0128. The number of nitrogens with one attached hydrogen (secondary N) is 3. The second-order valence-electron chi connectivity index (χ2n) is 6.28. The molecule has 0 fully saturated rings. The van der Waals surface area contributed by atoms with Gasteiger partial charge in [0.15, 0.2) is 5.82 Å². The third-order valence-electron chi connectivity index (χ3n) is 3.93. The molecule has 0 saturated carbocycles. The standard InChI is InChI=1S/C17H18F3N7O/c1-10(2)27-13(6-7-23-27)24-16(28)25-14(15-21-9-22-26-15)11-4-3-5-12(8-11)17(18,19)20/h3-10,14H,1-2H3,(H,21,22,26)(H2,24,25,28). The molecular formula is C17H18F3N7O. The van der Waals surface area contributed by atoms with E-state index in [2.05, 4.69) is 30.9 Å². The van der Waals surface area contributed by atoms with Crippen LogP contribution in [0, 0.1) is 0 Å². The number of aromatic amines is 1. The maximum Gasteiger partial charge on any atom is 0.416 e. The first-order chi connectivity index (χ1) is 13.3. The predicted octanol–water partition coefficient (Wildman–Crippen LogP) is 3.51. The third kappa shape index (κ3) is 4.30. The number of H-pyrrole nitrogens is 1. The first-order valence-corrected chi connectivity index (χ1v) is 8.39. The molecule has 0 saturated heterocycles. The molecule has 148 valence electrons. The third-order valence-corrected chi connectivity index (χ3v) is 3.93. The summed E-state index contributed by atoms with van der Waals surface area (Å²) in [6.45, 7) is 3.80. The number of hydrogen-bond acceptors (Lipinski definition) is 4. The number of urea groups is 1. The van der Waals surface area contributed by atoms with Crippen LogP contribution in [-0.4, -0.2) is 31.0 Å². The second kappa shape index (κ2) is 7.71. The molecule has 1 unspecified atom stereocenters. The van der Waals surface area contributed by atoms with Crippen LogP contribution in [0.4, 0.5) is 23.8 Å². The van der Waals surface area contributed by atoms with Crippen LogP contribution in [0.2, 0.25) is 0 Å². The molecule has 0 aliphatic heterocycles. The number of rotatable bonds is 5. The number of nitrogens with zero attached hydrogens (tertiary/aromatic N) is 4. The maximum atomic E-state index is 13.1. The van der Waals surface area contributed by atoms with Crippen LogP contribution in [0.15, 0.2) is 42.9 Å². The highest BCUT2D eigenvalue weighted by Crippen LogP contribution is 2.31. The van der Waals surface area contributed by atoms with Crippen molar-refractivity contribution in [3.8, 4) is 0 Å². The Morgan fingerprint density at radius 3 is 2.68 bits per heavy atom. The molecule has 0 bridgehead atoms. The monoisotopic (exact) mass is 393 g/mol. The molecule has 0 radical (unpaired) electrons. The van der Waals surface area contributed by atoms with E-state index in [1.807, 2.05) is 13.8 Å². The summed E-state index contributed by atoms with van der Waals surface area (Å²) in [5, 5.41) is 15.7. The summed E-state index contributed by atoms with van der Waals surface area (Å²) in [6, 6.07) is 4.72. The van der Waals surface area contributed by atoms with Crippen LogP contribution in [0.1, 0.15) is 42.9 Å². The van der Waals surface area contributed by atoms with Crippen molar-refractivity contribution in [2.24, 2.45) is 0 Å². The van der Waals surface area contributed by atoms with Gasteiger partial charge in [-0.15, -0.1) is 0 Å². The fourth-order valence-corrected chi connectivity index (χ4v) is 2.67. The molecule has 2 heterocycles. The van der Waals surface area contributed by atoms with Crippen LogP contribution in [0.5, 0.6) is 0 Å². The Balaban J connectivity index is 1.86. The zero-order valence-electron chi connectivity index (χ0n) is 15.0. The molecule has 3 N–H and O–H groups in total. The molecule has 2 amide bonds. The highest BCUT2D eigenvalue weighted by atomic mass is 19.4. The van der Waals surface area contributed by atoms with Gasteiger partial charge in [0.1, 0.15) is 18.2 Å². The number of aromatic nitrogens is 5. The van der Waals surface area contributed by atoms with Crippen LogP contribution >= 0.6 is 0 Å². The maximum absolute atomic E-state index is 13.1. The number of anilines is 1. The Kier molecular flexibility index (Phi) is 5.34. The molecule has 1 aromatic carbocycles. The van der Waals surface area contributed by atoms with Crippen LogP contribution in [-0.2, 0) is 6.18 Å². The summed E-state index contributed by atoms with van der Waals surface area (Å²) in [4.78, 5) is 16.5. The van der Waals surface area contributed by atoms with Gasteiger partial charge < -0.3 is 5.32 Å². The summed E-state index contributed by atoms with van der Waals surface area (Å²) in [7, 11) is 0. The van der Waals surface area contributed by atoms with Crippen molar-refractivity contribution in [3.63, 3.8) is 0 Å². The average Bonchev–Trinajstić information content (AvgIpc) is 3.31. The van der Waals surface area contributed by atoms with Crippen LogP contribution in [0.3, 0.4) is 0 Å². The zero-order chi connectivity index (χ0) is 20.3. The first kappa shape index (κ1) is 19.4. The summed E-state index contributed by atoms with van der Waals surface area (Å²) in [6.07, 6.45) is -1.76. The number of carbonyl (C=O) groups is 1. The van der Waals surface area contributed by atoms with E-state index in [9.17, 15) is 18.0 Å². The molecule has 0 aliphatic rings. The van der Waals surface area contributed by atoms with E-state index in [-0.39, 0.29) is 17.4 Å². The van der Waals surface area contributed by atoms with E-state index in [1.54, 1.807) is 10.7 Å². The molecule has 28 heavy (non-hydrogen) atoms. The zero-order valence-corrected chi connectivity index (χ0v) is 15.0.